The number of hydrogen-bond acceptors (Lipinski definition) is 2. The maximum absolute atomic E-state index is 6.45. The molecule has 0 aromatic rings. The molecule has 0 aliphatic heterocycles. The van der Waals surface area contributed by atoms with Gasteiger partial charge < -0.3 is 11.5 Å². The van der Waals surface area contributed by atoms with Crippen molar-refractivity contribution in [2.45, 2.75) is 0 Å². The van der Waals surface area contributed by atoms with E-state index < -0.39 is 11.9 Å². The summed E-state index contributed by atoms with van der Waals surface area (Å²) in [6.07, 6.45) is 0. The van der Waals surface area contributed by atoms with E-state index in [1.54, 1.807) is 0 Å². The first-order valence-electron chi connectivity index (χ1n) is 1.72. The van der Waals surface area contributed by atoms with Gasteiger partial charge in [-0.1, -0.05) is 0 Å². The van der Waals surface area contributed by atoms with Crippen LogP contribution in [0.1, 0.15) is 0 Å². The zero-order chi connectivity index (χ0) is 6.57. The predicted octanol–water partition coefficient (Wildman–Crippen LogP) is -0.774. The molecule has 0 aromatic heterocycles. The molecule has 8 heavy (non-hydrogen) atoms. The van der Waals surface area contributed by atoms with E-state index in [0.717, 1.165) is 0 Å². The summed E-state index contributed by atoms with van der Waals surface area (Å²) in [5.41, 5.74) is 9.42. The van der Waals surface area contributed by atoms with Crippen molar-refractivity contribution in [3.05, 3.63) is 0 Å². The monoisotopic (exact) mass is 114 g/mol. The molecule has 0 aliphatic rings. The largest absolute Gasteiger partial charge is 0.367 e. The molecule has 0 radical (unpaired) electrons. The molecule has 6 N–H and O–H groups in total. The summed E-state index contributed by atoms with van der Waals surface area (Å²) in [5.74, 6) is -0.916. The molecule has 0 rings (SSSR count). The van der Waals surface area contributed by atoms with Crippen LogP contribution in [-0.4, -0.2) is 11.9 Å². The lowest BCUT2D eigenvalue weighted by Crippen LogP contribution is -2.09. The summed E-state index contributed by atoms with van der Waals surface area (Å²) >= 11 is 0. The first kappa shape index (κ1) is 6.54. The van der Waals surface area contributed by atoms with Gasteiger partial charge in [0.2, 0.25) is 11.9 Å². The number of nitrogens with zero attached hydrogens (tertiary/aromatic N) is 2. The SMILES string of the molecule is N=C(N)N=NC(=N)N. The minimum Gasteiger partial charge on any atom is -0.367 e. The van der Waals surface area contributed by atoms with Crippen molar-refractivity contribution in [1.82, 2.24) is 0 Å². The maximum atomic E-state index is 6.45. The third-order valence-electron chi connectivity index (χ3n) is 0.265. The Balaban J connectivity index is 3.67. The Labute approximate surface area is 45.6 Å². The highest BCUT2D eigenvalue weighted by Crippen LogP contribution is 1.68. The number of guanidine groups is 2. The van der Waals surface area contributed by atoms with Crippen LogP contribution in [0.4, 0.5) is 0 Å². The van der Waals surface area contributed by atoms with Gasteiger partial charge in [0.05, 0.1) is 0 Å². The van der Waals surface area contributed by atoms with E-state index in [2.05, 4.69) is 10.2 Å². The maximum Gasteiger partial charge on any atom is 0.232 e. The zero-order valence-electron chi connectivity index (χ0n) is 4.05. The van der Waals surface area contributed by atoms with Crippen LogP contribution < -0.4 is 11.5 Å². The number of nitrogens with one attached hydrogen (secondary N) is 2. The molecule has 0 heterocycles. The summed E-state index contributed by atoms with van der Waals surface area (Å²) in [7, 11) is 0. The summed E-state index contributed by atoms with van der Waals surface area (Å²) < 4.78 is 0. The highest BCUT2D eigenvalue weighted by molar-refractivity contribution is 5.79. The van der Waals surface area contributed by atoms with E-state index in [1.165, 1.54) is 0 Å². The molecular formula is C2H6N6. The Bertz CT molecular complexity index is 117. The number of nitrogens with two attached hydrogens (primary N) is 2. The van der Waals surface area contributed by atoms with Crippen LogP contribution in [-0.2, 0) is 0 Å². The lowest BCUT2D eigenvalue weighted by atomic mass is 11.1. The van der Waals surface area contributed by atoms with Crippen molar-refractivity contribution < 1.29 is 0 Å². The average molecular weight is 114 g/mol. The topological polar surface area (TPSA) is 124 Å². The van der Waals surface area contributed by atoms with Crippen molar-refractivity contribution in [1.29, 1.82) is 10.8 Å². The molecule has 0 bridgehead atoms. The van der Waals surface area contributed by atoms with Crippen molar-refractivity contribution >= 4 is 11.9 Å². The molecule has 0 aromatic carbocycles. The fourth-order valence-corrected chi connectivity index (χ4v) is 0.108. The second-order valence-electron chi connectivity index (χ2n) is 0.970. The van der Waals surface area contributed by atoms with Gasteiger partial charge in [0.15, 0.2) is 0 Å². The van der Waals surface area contributed by atoms with E-state index in [0.29, 0.717) is 0 Å². The Hall–Kier alpha value is -1.46. The van der Waals surface area contributed by atoms with Crippen LogP contribution in [0.15, 0.2) is 10.2 Å². The molecule has 0 amide bonds. The van der Waals surface area contributed by atoms with Crippen LogP contribution in [0.3, 0.4) is 0 Å². The summed E-state index contributed by atoms with van der Waals surface area (Å²) in [6.45, 7) is 0. The van der Waals surface area contributed by atoms with Crippen LogP contribution in [0.25, 0.3) is 0 Å². The number of hydrogen-bond donors (Lipinski definition) is 4. The van der Waals surface area contributed by atoms with E-state index in [9.17, 15) is 0 Å². The van der Waals surface area contributed by atoms with E-state index in [-0.39, 0.29) is 0 Å². The second-order valence-corrected chi connectivity index (χ2v) is 0.970. The molecule has 0 unspecified atom stereocenters. The molecule has 6 heteroatoms. The molecule has 0 saturated heterocycles. The smallest absolute Gasteiger partial charge is 0.232 e. The molecule has 0 saturated carbocycles. The minimum absolute atomic E-state index is 0.458. The average Bonchev–Trinajstić information content (AvgIpc) is 1.61. The summed E-state index contributed by atoms with van der Waals surface area (Å²) in [4.78, 5) is 0. The standard InChI is InChI=1S/C2H6N6/c3-1(4)7-8-2(5)6/h(H3,3,4)(H3,5,6). The Morgan fingerprint density at radius 2 is 1.25 bits per heavy atom. The van der Waals surface area contributed by atoms with Crippen LogP contribution >= 0.6 is 0 Å². The first-order chi connectivity index (χ1) is 3.63. The van der Waals surface area contributed by atoms with E-state index in [1.807, 2.05) is 0 Å². The molecule has 6 nitrogen and oxygen atoms in total. The van der Waals surface area contributed by atoms with Gasteiger partial charge in [-0.3, -0.25) is 10.8 Å². The van der Waals surface area contributed by atoms with Gasteiger partial charge in [-0.05, 0) is 0 Å². The number of rotatable bonds is 0. The van der Waals surface area contributed by atoms with Crippen molar-refractivity contribution in [3.63, 3.8) is 0 Å². The van der Waals surface area contributed by atoms with Gasteiger partial charge in [-0.15, -0.1) is 10.2 Å². The molecule has 0 fully saturated rings. The van der Waals surface area contributed by atoms with E-state index in [4.69, 9.17) is 22.3 Å². The van der Waals surface area contributed by atoms with Crippen LogP contribution in [0, 0.1) is 10.8 Å². The minimum atomic E-state index is -0.458. The van der Waals surface area contributed by atoms with Gasteiger partial charge in [-0.2, -0.15) is 0 Å². The lowest BCUT2D eigenvalue weighted by molar-refractivity contribution is 1.21. The highest BCUT2D eigenvalue weighted by Gasteiger charge is 1.79. The molecule has 0 aliphatic carbocycles. The quantitative estimate of drug-likeness (QED) is 0.187. The molecule has 44 valence electrons. The summed E-state index contributed by atoms with van der Waals surface area (Å²) in [6, 6.07) is 0. The normalized spacial score (nSPS) is 9.50. The first-order valence-corrected chi connectivity index (χ1v) is 1.72. The van der Waals surface area contributed by atoms with Gasteiger partial charge >= 0.3 is 0 Å². The molecule has 0 atom stereocenters. The Morgan fingerprint density at radius 3 is 1.38 bits per heavy atom. The Morgan fingerprint density at radius 1 is 1.00 bits per heavy atom. The summed E-state index contributed by atoms with van der Waals surface area (Å²) in [5, 5.41) is 18.8. The third kappa shape index (κ3) is 4.54. The van der Waals surface area contributed by atoms with Crippen LogP contribution in [0.5, 0.6) is 0 Å². The van der Waals surface area contributed by atoms with Gasteiger partial charge in [0.25, 0.3) is 0 Å². The fraction of sp³-hybridized carbons (Fsp3) is 0. The number of azo groups is 1. The van der Waals surface area contributed by atoms with Crippen molar-refractivity contribution in [3.8, 4) is 0 Å². The Kier molecular flexibility index (Phi) is 2.18. The van der Waals surface area contributed by atoms with Crippen molar-refractivity contribution in [2.75, 3.05) is 0 Å². The predicted molar refractivity (Wildman–Crippen MR) is 28.7 cm³/mol. The molecule has 0 spiro atoms. The third-order valence-corrected chi connectivity index (χ3v) is 0.265. The lowest BCUT2D eigenvalue weighted by Gasteiger charge is -1.80. The van der Waals surface area contributed by atoms with Gasteiger partial charge in [-0.25, -0.2) is 0 Å². The molecular weight excluding hydrogens is 108 g/mol. The zero-order valence-corrected chi connectivity index (χ0v) is 4.05. The van der Waals surface area contributed by atoms with Gasteiger partial charge in [0, 0.05) is 0 Å². The van der Waals surface area contributed by atoms with Gasteiger partial charge in [0.1, 0.15) is 0 Å². The van der Waals surface area contributed by atoms with Crippen LogP contribution in [0.2, 0.25) is 0 Å². The fourth-order valence-electron chi connectivity index (χ4n) is 0.108. The second kappa shape index (κ2) is 2.67. The van der Waals surface area contributed by atoms with Crippen molar-refractivity contribution in [2.24, 2.45) is 21.7 Å². The van der Waals surface area contributed by atoms with E-state index >= 15 is 0 Å². The highest BCUT2D eigenvalue weighted by atomic mass is 15.2.